The van der Waals surface area contributed by atoms with E-state index >= 15 is 0 Å². The summed E-state index contributed by atoms with van der Waals surface area (Å²) in [5.41, 5.74) is 1.27. The van der Waals surface area contributed by atoms with Gasteiger partial charge in [0.05, 0.1) is 12.5 Å². The number of hydrogen-bond donors (Lipinski definition) is 1. The molecule has 28 heavy (non-hydrogen) atoms. The number of carbonyl (C=O) groups is 2. The van der Waals surface area contributed by atoms with E-state index < -0.39 is 0 Å². The lowest BCUT2D eigenvalue weighted by atomic mass is 9.93. The highest BCUT2D eigenvalue weighted by molar-refractivity contribution is 5.85. The third-order valence-corrected chi connectivity index (χ3v) is 5.94. The van der Waals surface area contributed by atoms with Crippen molar-refractivity contribution < 1.29 is 9.59 Å². The molecule has 154 valence electrons. The van der Waals surface area contributed by atoms with Gasteiger partial charge in [0.2, 0.25) is 11.8 Å². The number of carbonyl (C=O) groups excluding carboxylic acids is 2. The zero-order valence-electron chi connectivity index (χ0n) is 17.1. The Morgan fingerprint density at radius 1 is 1.21 bits per heavy atom. The van der Waals surface area contributed by atoms with Gasteiger partial charge in [-0.25, -0.2) is 0 Å². The number of likely N-dealkylation sites (tertiary alicyclic amines) is 2. The number of pyridine rings is 1. The molecule has 0 bridgehead atoms. The fourth-order valence-electron chi connectivity index (χ4n) is 4.21. The molecule has 3 rings (SSSR count). The second-order valence-corrected chi connectivity index (χ2v) is 8.21. The van der Waals surface area contributed by atoms with Crippen molar-refractivity contribution >= 4 is 11.8 Å². The van der Waals surface area contributed by atoms with Crippen LogP contribution in [-0.4, -0.2) is 84.4 Å². The van der Waals surface area contributed by atoms with Gasteiger partial charge in [-0.2, -0.15) is 0 Å². The number of aromatic nitrogens is 1. The molecule has 1 atom stereocenters. The Bertz CT molecular complexity index is 643. The Kier molecular flexibility index (Phi) is 7.39. The van der Waals surface area contributed by atoms with Crippen LogP contribution in [0.4, 0.5) is 0 Å². The molecule has 1 unspecified atom stereocenters. The van der Waals surface area contributed by atoms with E-state index in [1.165, 1.54) is 10.5 Å². The van der Waals surface area contributed by atoms with Crippen LogP contribution in [0.1, 0.15) is 31.2 Å². The molecule has 2 fully saturated rings. The summed E-state index contributed by atoms with van der Waals surface area (Å²) in [6.45, 7) is 5.12. The number of hydrogen-bond acceptors (Lipinski definition) is 5. The summed E-state index contributed by atoms with van der Waals surface area (Å²) in [4.78, 5) is 34.9. The fourth-order valence-corrected chi connectivity index (χ4v) is 4.21. The summed E-state index contributed by atoms with van der Waals surface area (Å²) in [6.07, 6.45) is 8.02. The molecule has 3 heterocycles. The summed E-state index contributed by atoms with van der Waals surface area (Å²) in [5, 5.41) is 2.82. The number of likely N-dealkylation sites (N-methyl/N-ethyl adjacent to an activating group) is 1. The topological polar surface area (TPSA) is 68.8 Å². The SMILES string of the molecule is CN(C)C(=O)CNC(=O)C1CCCN(C2CCN(Cc3cccnc3)CC2)C1. The van der Waals surface area contributed by atoms with Crippen LogP contribution in [0.2, 0.25) is 0 Å². The van der Waals surface area contributed by atoms with E-state index in [9.17, 15) is 9.59 Å². The van der Waals surface area contributed by atoms with Crippen LogP contribution in [0, 0.1) is 5.92 Å². The maximum atomic E-state index is 12.5. The molecule has 0 radical (unpaired) electrons. The van der Waals surface area contributed by atoms with E-state index in [0.29, 0.717) is 6.04 Å². The lowest BCUT2D eigenvalue weighted by molar-refractivity contribution is -0.133. The summed E-state index contributed by atoms with van der Waals surface area (Å²) in [6, 6.07) is 4.69. The van der Waals surface area contributed by atoms with Crippen LogP contribution in [0.15, 0.2) is 24.5 Å². The zero-order valence-corrected chi connectivity index (χ0v) is 17.1. The third-order valence-electron chi connectivity index (χ3n) is 5.94. The van der Waals surface area contributed by atoms with E-state index in [4.69, 9.17) is 0 Å². The molecule has 1 N–H and O–H groups in total. The van der Waals surface area contributed by atoms with Gasteiger partial charge in [-0.3, -0.25) is 24.4 Å². The Balaban J connectivity index is 1.43. The molecule has 0 aliphatic carbocycles. The molecular formula is C21H33N5O2. The van der Waals surface area contributed by atoms with Crippen LogP contribution in [-0.2, 0) is 16.1 Å². The lowest BCUT2D eigenvalue weighted by Gasteiger charge is -2.42. The van der Waals surface area contributed by atoms with Crippen LogP contribution < -0.4 is 5.32 Å². The second-order valence-electron chi connectivity index (χ2n) is 8.21. The number of piperidine rings is 2. The maximum absolute atomic E-state index is 12.5. The molecule has 7 nitrogen and oxygen atoms in total. The van der Waals surface area contributed by atoms with E-state index in [1.54, 1.807) is 14.1 Å². The van der Waals surface area contributed by atoms with Gasteiger partial charge in [0.15, 0.2) is 0 Å². The number of rotatable bonds is 6. The van der Waals surface area contributed by atoms with Gasteiger partial charge >= 0.3 is 0 Å². The van der Waals surface area contributed by atoms with E-state index in [1.807, 2.05) is 18.5 Å². The van der Waals surface area contributed by atoms with Crippen LogP contribution in [0.3, 0.4) is 0 Å². The number of nitrogens with zero attached hydrogens (tertiary/aromatic N) is 4. The van der Waals surface area contributed by atoms with Crippen molar-refractivity contribution in [1.29, 1.82) is 0 Å². The smallest absolute Gasteiger partial charge is 0.241 e. The Morgan fingerprint density at radius 3 is 2.68 bits per heavy atom. The predicted octanol–water partition coefficient (Wildman–Crippen LogP) is 0.962. The first-order valence-electron chi connectivity index (χ1n) is 10.4. The average molecular weight is 388 g/mol. The first-order chi connectivity index (χ1) is 13.5. The third kappa shape index (κ3) is 5.75. The van der Waals surface area contributed by atoms with E-state index in [2.05, 4.69) is 26.2 Å². The van der Waals surface area contributed by atoms with Gasteiger partial charge in [0, 0.05) is 45.6 Å². The quantitative estimate of drug-likeness (QED) is 0.788. The molecule has 1 aromatic heterocycles. The fraction of sp³-hybridized carbons (Fsp3) is 0.667. The maximum Gasteiger partial charge on any atom is 0.241 e. The molecule has 0 saturated carbocycles. The van der Waals surface area contributed by atoms with Crippen molar-refractivity contribution in [3.8, 4) is 0 Å². The van der Waals surface area contributed by atoms with Crippen molar-refractivity contribution in [2.45, 2.75) is 38.3 Å². The molecule has 7 heteroatoms. The lowest BCUT2D eigenvalue weighted by Crippen LogP contribution is -2.51. The van der Waals surface area contributed by atoms with Crippen molar-refractivity contribution in [1.82, 2.24) is 25.0 Å². The molecular weight excluding hydrogens is 354 g/mol. The van der Waals surface area contributed by atoms with E-state index in [0.717, 1.165) is 58.4 Å². The monoisotopic (exact) mass is 387 g/mol. The summed E-state index contributed by atoms with van der Waals surface area (Å²) >= 11 is 0. The van der Waals surface area contributed by atoms with Crippen molar-refractivity contribution in [3.05, 3.63) is 30.1 Å². The molecule has 1 aromatic rings. The van der Waals surface area contributed by atoms with Gasteiger partial charge in [0.25, 0.3) is 0 Å². The first kappa shape index (κ1) is 20.7. The highest BCUT2D eigenvalue weighted by atomic mass is 16.2. The van der Waals surface area contributed by atoms with Crippen molar-refractivity contribution in [3.63, 3.8) is 0 Å². The molecule has 2 aliphatic heterocycles. The minimum atomic E-state index is -0.0676. The van der Waals surface area contributed by atoms with Gasteiger partial charge in [-0.15, -0.1) is 0 Å². The molecule has 0 aromatic carbocycles. The van der Waals surface area contributed by atoms with Gasteiger partial charge < -0.3 is 10.2 Å². The van der Waals surface area contributed by atoms with Crippen molar-refractivity contribution in [2.24, 2.45) is 5.92 Å². The van der Waals surface area contributed by atoms with Gasteiger partial charge in [-0.1, -0.05) is 6.07 Å². The zero-order chi connectivity index (χ0) is 19.9. The standard InChI is InChI=1S/C21H33N5O2/c1-24(2)20(27)14-23-21(28)18-6-4-10-26(16-18)19-7-11-25(12-8-19)15-17-5-3-9-22-13-17/h3,5,9,13,18-19H,4,6-8,10-12,14-16H2,1-2H3,(H,23,28). The minimum absolute atomic E-state index is 0.00265. The average Bonchev–Trinajstić information content (AvgIpc) is 2.73. The molecule has 2 saturated heterocycles. The Labute approximate surface area is 168 Å². The molecule has 0 spiro atoms. The normalized spacial score (nSPS) is 22.0. The van der Waals surface area contributed by atoms with Crippen molar-refractivity contribution in [2.75, 3.05) is 46.8 Å². The van der Waals surface area contributed by atoms with Crippen LogP contribution >= 0.6 is 0 Å². The van der Waals surface area contributed by atoms with Crippen LogP contribution in [0.5, 0.6) is 0 Å². The second kappa shape index (κ2) is 9.98. The summed E-state index contributed by atoms with van der Waals surface area (Å²) in [5.74, 6) is -0.0481. The largest absolute Gasteiger partial charge is 0.347 e. The minimum Gasteiger partial charge on any atom is -0.347 e. The summed E-state index contributed by atoms with van der Waals surface area (Å²) < 4.78 is 0. The van der Waals surface area contributed by atoms with Gasteiger partial charge in [-0.05, 0) is 56.9 Å². The predicted molar refractivity (Wildman–Crippen MR) is 109 cm³/mol. The highest BCUT2D eigenvalue weighted by Crippen LogP contribution is 2.24. The summed E-state index contributed by atoms with van der Waals surface area (Å²) in [7, 11) is 3.41. The Hall–Kier alpha value is -1.99. The van der Waals surface area contributed by atoms with E-state index in [-0.39, 0.29) is 24.3 Å². The van der Waals surface area contributed by atoms with Crippen LogP contribution in [0.25, 0.3) is 0 Å². The Morgan fingerprint density at radius 2 is 2.00 bits per heavy atom. The first-order valence-corrected chi connectivity index (χ1v) is 10.4. The number of nitrogens with one attached hydrogen (secondary N) is 1. The highest BCUT2D eigenvalue weighted by Gasteiger charge is 2.31. The number of amides is 2. The molecule has 2 amide bonds. The molecule has 2 aliphatic rings. The van der Waals surface area contributed by atoms with Gasteiger partial charge in [0.1, 0.15) is 0 Å².